The fourth-order valence-corrected chi connectivity index (χ4v) is 5.17. The first kappa shape index (κ1) is 30.3. The zero-order valence-electron chi connectivity index (χ0n) is 23.4. The molecule has 0 fully saturated rings. The third-order valence-electron chi connectivity index (χ3n) is 6.96. The van der Waals surface area contributed by atoms with Crippen LogP contribution in [0.15, 0.2) is 103 Å². The molecule has 228 valence electrons. The van der Waals surface area contributed by atoms with Crippen molar-refractivity contribution in [1.82, 2.24) is 0 Å². The number of rotatable bonds is 6. The van der Waals surface area contributed by atoms with Gasteiger partial charge in [-0.3, -0.25) is 0 Å². The Morgan fingerprint density at radius 2 is 0.870 bits per heavy atom. The number of esters is 3. The normalized spacial score (nSPS) is 10.9. The lowest BCUT2D eigenvalue weighted by atomic mass is 10.00. The molecule has 9 nitrogen and oxygen atoms in total. The predicted octanol–water partition coefficient (Wildman–Crippen LogP) is 8.07. The lowest BCUT2D eigenvalue weighted by Crippen LogP contribution is -2.12. The average molecular weight is 655 g/mol. The maximum Gasteiger partial charge on any atom is 0.343 e. The van der Waals surface area contributed by atoms with E-state index in [1.165, 1.54) is 91.0 Å². The molecule has 0 heterocycles. The van der Waals surface area contributed by atoms with Gasteiger partial charge in [0.15, 0.2) is 5.75 Å². The van der Waals surface area contributed by atoms with Gasteiger partial charge in [-0.25, -0.2) is 14.4 Å². The molecular weight excluding hydrogens is 635 g/mol. The van der Waals surface area contributed by atoms with Crippen LogP contribution in [0, 0.1) is 0 Å². The quantitative estimate of drug-likeness (QED) is 0.0923. The van der Waals surface area contributed by atoms with Crippen LogP contribution in [0.2, 0.25) is 10.0 Å². The number of hydrogen-bond donors (Lipinski definition) is 3. The number of aromatic hydroxyl groups is 3. The van der Waals surface area contributed by atoms with Crippen LogP contribution in [-0.4, -0.2) is 33.2 Å². The van der Waals surface area contributed by atoms with Crippen molar-refractivity contribution >= 4 is 62.7 Å². The molecule has 0 aliphatic heterocycles. The van der Waals surface area contributed by atoms with Gasteiger partial charge in [0.05, 0.1) is 27.1 Å². The van der Waals surface area contributed by atoms with Gasteiger partial charge in [0, 0.05) is 21.2 Å². The van der Waals surface area contributed by atoms with Crippen LogP contribution in [0.4, 0.5) is 0 Å². The fraction of sp³-hybridized carbons (Fsp3) is 0. The smallest absolute Gasteiger partial charge is 0.343 e. The van der Waals surface area contributed by atoms with Gasteiger partial charge in [-0.1, -0.05) is 23.2 Å². The second-order valence-electron chi connectivity index (χ2n) is 9.95. The number of fused-ring (bicyclic) bond motifs is 2. The van der Waals surface area contributed by atoms with E-state index in [1.807, 2.05) is 0 Å². The Morgan fingerprint density at radius 1 is 0.457 bits per heavy atom. The molecule has 0 saturated heterocycles. The molecule has 11 heteroatoms. The molecule has 46 heavy (non-hydrogen) atoms. The molecule has 0 unspecified atom stereocenters. The second-order valence-corrected chi connectivity index (χ2v) is 10.8. The summed E-state index contributed by atoms with van der Waals surface area (Å²) in [5, 5.41) is 30.1. The Balaban J connectivity index is 1.58. The van der Waals surface area contributed by atoms with E-state index in [1.54, 1.807) is 12.1 Å². The molecule has 3 N–H and O–H groups in total. The summed E-state index contributed by atoms with van der Waals surface area (Å²) in [4.78, 5) is 39.8. The monoisotopic (exact) mass is 654 g/mol. The third kappa shape index (κ3) is 5.97. The van der Waals surface area contributed by atoms with Crippen molar-refractivity contribution in [2.45, 2.75) is 0 Å². The van der Waals surface area contributed by atoms with Crippen molar-refractivity contribution in [1.29, 1.82) is 0 Å². The predicted molar refractivity (Wildman–Crippen MR) is 171 cm³/mol. The summed E-state index contributed by atoms with van der Waals surface area (Å²) in [6.45, 7) is 0. The number of phenols is 3. The highest BCUT2D eigenvalue weighted by molar-refractivity contribution is 6.42. The van der Waals surface area contributed by atoms with E-state index in [2.05, 4.69) is 0 Å². The van der Waals surface area contributed by atoms with Crippen LogP contribution in [0.1, 0.15) is 31.1 Å². The number of ether oxygens (including phenoxy) is 3. The lowest BCUT2D eigenvalue weighted by molar-refractivity contribution is 0.0720. The second kappa shape index (κ2) is 12.3. The highest BCUT2D eigenvalue weighted by atomic mass is 35.5. The van der Waals surface area contributed by atoms with Gasteiger partial charge in [-0.15, -0.1) is 0 Å². The number of carbonyl (C=O) groups excluding carboxylic acids is 3. The van der Waals surface area contributed by atoms with Crippen LogP contribution in [-0.2, 0) is 0 Å². The largest absolute Gasteiger partial charge is 0.508 e. The summed E-state index contributed by atoms with van der Waals surface area (Å²) in [5.41, 5.74) is 0.326. The zero-order valence-corrected chi connectivity index (χ0v) is 24.9. The van der Waals surface area contributed by atoms with E-state index in [0.29, 0.717) is 5.39 Å². The fourth-order valence-electron chi connectivity index (χ4n) is 4.70. The van der Waals surface area contributed by atoms with E-state index < -0.39 is 17.9 Å². The molecule has 0 aromatic heterocycles. The van der Waals surface area contributed by atoms with Crippen molar-refractivity contribution in [3.05, 3.63) is 130 Å². The summed E-state index contributed by atoms with van der Waals surface area (Å²) in [5.74, 6) is -2.80. The molecule has 6 aromatic rings. The lowest BCUT2D eigenvalue weighted by Gasteiger charge is -2.18. The Kier molecular flexibility index (Phi) is 8.10. The maximum absolute atomic E-state index is 13.5. The summed E-state index contributed by atoms with van der Waals surface area (Å²) in [6, 6.07) is 23.5. The van der Waals surface area contributed by atoms with E-state index in [9.17, 15) is 29.7 Å². The summed E-state index contributed by atoms with van der Waals surface area (Å²) in [7, 11) is 0. The van der Waals surface area contributed by atoms with Gasteiger partial charge in [-0.05, 0) is 103 Å². The highest BCUT2D eigenvalue weighted by Gasteiger charge is 2.25. The van der Waals surface area contributed by atoms with Crippen LogP contribution in [0.3, 0.4) is 0 Å². The first-order chi connectivity index (χ1) is 22.1. The van der Waals surface area contributed by atoms with Gasteiger partial charge < -0.3 is 29.5 Å². The average Bonchev–Trinajstić information content (AvgIpc) is 3.04. The number of benzene rings is 6. The first-order valence-corrected chi connectivity index (χ1v) is 14.3. The maximum atomic E-state index is 13.5. The summed E-state index contributed by atoms with van der Waals surface area (Å²) in [6.07, 6.45) is 0. The van der Waals surface area contributed by atoms with Crippen molar-refractivity contribution < 1.29 is 43.9 Å². The minimum atomic E-state index is -0.841. The van der Waals surface area contributed by atoms with E-state index in [-0.39, 0.29) is 77.4 Å². The number of phenolic OH excluding ortho intramolecular Hbond substituents is 3. The highest BCUT2D eigenvalue weighted by Crippen LogP contribution is 2.48. The number of carbonyl (C=O) groups is 3. The molecule has 0 aliphatic rings. The van der Waals surface area contributed by atoms with Gasteiger partial charge in [0.2, 0.25) is 0 Å². The molecule has 0 radical (unpaired) electrons. The standard InChI is InChI=1S/C35H20Cl2O9/c36-26-13-14-27(37)30-24(26)17-25-28(44-33(41)18-1-7-21(38)8-2-18)15-16-29(45-34(42)19-3-9-22(39)10-4-19)31(25)32(30)46-35(43)20-5-11-23(40)12-6-20/h1-17,38-40H. The molecule has 0 bridgehead atoms. The topological polar surface area (TPSA) is 140 Å². The molecule has 6 rings (SSSR count). The van der Waals surface area contributed by atoms with Crippen molar-refractivity contribution in [2.75, 3.05) is 0 Å². The molecule has 0 atom stereocenters. The number of hydrogen-bond acceptors (Lipinski definition) is 9. The van der Waals surface area contributed by atoms with Gasteiger partial charge in [0.1, 0.15) is 28.7 Å². The number of halogens is 2. The van der Waals surface area contributed by atoms with E-state index >= 15 is 0 Å². The van der Waals surface area contributed by atoms with Gasteiger partial charge in [0.25, 0.3) is 0 Å². The van der Waals surface area contributed by atoms with Crippen molar-refractivity contribution in [3.63, 3.8) is 0 Å². The SMILES string of the molecule is O=C(Oc1ccc(OC(=O)c2ccc(O)cc2)c2c(OC(=O)c3ccc(O)cc3)c3c(Cl)ccc(Cl)c3cc12)c1ccc(O)cc1. The Bertz CT molecular complexity index is 2160. The third-order valence-corrected chi connectivity index (χ3v) is 7.61. The molecular formula is C35H20Cl2O9. The van der Waals surface area contributed by atoms with Crippen LogP contribution in [0.25, 0.3) is 21.5 Å². The molecule has 0 amide bonds. The van der Waals surface area contributed by atoms with E-state index in [0.717, 1.165) is 0 Å². The minimum Gasteiger partial charge on any atom is -0.508 e. The summed E-state index contributed by atoms with van der Waals surface area (Å²) >= 11 is 13.2. The van der Waals surface area contributed by atoms with Crippen LogP contribution in [0.5, 0.6) is 34.5 Å². The zero-order chi connectivity index (χ0) is 32.5. The Morgan fingerprint density at radius 3 is 1.37 bits per heavy atom. The summed E-state index contributed by atoms with van der Waals surface area (Å²) < 4.78 is 17.5. The van der Waals surface area contributed by atoms with E-state index in [4.69, 9.17) is 37.4 Å². The van der Waals surface area contributed by atoms with Crippen molar-refractivity contribution in [2.24, 2.45) is 0 Å². The molecule has 0 aliphatic carbocycles. The molecule has 0 spiro atoms. The molecule has 0 saturated carbocycles. The van der Waals surface area contributed by atoms with Crippen LogP contribution < -0.4 is 14.2 Å². The minimum absolute atomic E-state index is 0.00242. The van der Waals surface area contributed by atoms with Gasteiger partial charge in [-0.2, -0.15) is 0 Å². The van der Waals surface area contributed by atoms with Crippen molar-refractivity contribution in [3.8, 4) is 34.5 Å². The Labute approximate surface area is 270 Å². The molecule has 6 aromatic carbocycles. The Hall–Kier alpha value is -5.77. The first-order valence-electron chi connectivity index (χ1n) is 13.5. The van der Waals surface area contributed by atoms with Crippen LogP contribution >= 0.6 is 23.2 Å². The van der Waals surface area contributed by atoms with Gasteiger partial charge >= 0.3 is 17.9 Å².